The summed E-state index contributed by atoms with van der Waals surface area (Å²) in [6, 6.07) is 4.86. The number of ether oxygens (including phenoxy) is 1. The zero-order valence-electron chi connectivity index (χ0n) is 11.1. The second-order valence-electron chi connectivity index (χ2n) is 5.76. The van der Waals surface area contributed by atoms with Gasteiger partial charge in [0.25, 0.3) is 6.43 Å². The fourth-order valence-electron chi connectivity index (χ4n) is 3.38. The van der Waals surface area contributed by atoms with Gasteiger partial charge in [-0.2, -0.15) is 0 Å². The van der Waals surface area contributed by atoms with Crippen LogP contribution in [0.1, 0.15) is 56.1 Å². The maximum absolute atomic E-state index is 12.7. The third kappa shape index (κ3) is 2.75. The van der Waals surface area contributed by atoms with E-state index in [4.69, 9.17) is 4.74 Å². The Morgan fingerprint density at radius 3 is 2.58 bits per heavy atom. The second kappa shape index (κ2) is 5.48. The predicted octanol–water partition coefficient (Wildman–Crippen LogP) is 4.90. The van der Waals surface area contributed by atoms with Crippen molar-refractivity contribution in [3.8, 4) is 5.75 Å². The number of fused-ring (bicyclic) bond motifs is 1. The van der Waals surface area contributed by atoms with Gasteiger partial charge in [0, 0.05) is 5.56 Å². The summed E-state index contributed by atoms with van der Waals surface area (Å²) in [7, 11) is 0. The van der Waals surface area contributed by atoms with E-state index in [1.165, 1.54) is 44.2 Å². The van der Waals surface area contributed by atoms with Gasteiger partial charge in [-0.1, -0.05) is 31.4 Å². The van der Waals surface area contributed by atoms with Crippen LogP contribution in [0.5, 0.6) is 5.75 Å². The maximum atomic E-state index is 12.7. The van der Waals surface area contributed by atoms with Crippen molar-refractivity contribution in [3.05, 3.63) is 29.3 Å². The van der Waals surface area contributed by atoms with Gasteiger partial charge in [-0.05, 0) is 43.2 Å². The monoisotopic (exact) mass is 266 g/mol. The molecular formula is C16H20F2O. The average Bonchev–Trinajstić information content (AvgIpc) is 2.47. The minimum Gasteiger partial charge on any atom is -0.490 e. The Labute approximate surface area is 113 Å². The van der Waals surface area contributed by atoms with Crippen LogP contribution in [0.25, 0.3) is 0 Å². The number of aryl methyl sites for hydroxylation is 1. The summed E-state index contributed by atoms with van der Waals surface area (Å²) in [5.41, 5.74) is 1.15. The van der Waals surface area contributed by atoms with E-state index in [2.05, 4.69) is 0 Å². The third-order valence-electron chi connectivity index (χ3n) is 4.50. The van der Waals surface area contributed by atoms with Crippen molar-refractivity contribution in [2.24, 2.45) is 5.92 Å². The molecule has 1 heterocycles. The van der Waals surface area contributed by atoms with Gasteiger partial charge in [-0.15, -0.1) is 0 Å². The molecule has 1 atom stereocenters. The first-order chi connectivity index (χ1) is 9.24. The van der Waals surface area contributed by atoms with E-state index < -0.39 is 6.43 Å². The number of alkyl halides is 2. The largest absolute Gasteiger partial charge is 0.490 e. The Morgan fingerprint density at radius 2 is 1.84 bits per heavy atom. The molecule has 1 aliphatic carbocycles. The topological polar surface area (TPSA) is 9.23 Å². The lowest BCUT2D eigenvalue weighted by Crippen LogP contribution is -2.32. The van der Waals surface area contributed by atoms with Crippen LogP contribution >= 0.6 is 0 Å². The average molecular weight is 266 g/mol. The Bertz CT molecular complexity index is 438. The summed E-state index contributed by atoms with van der Waals surface area (Å²) in [6.07, 6.45) is 6.18. The fourth-order valence-corrected chi connectivity index (χ4v) is 3.38. The Kier molecular flexibility index (Phi) is 3.72. The summed E-state index contributed by atoms with van der Waals surface area (Å²) in [5.74, 6) is 1.32. The van der Waals surface area contributed by atoms with E-state index in [0.717, 1.165) is 18.4 Å². The van der Waals surface area contributed by atoms with Crippen LogP contribution in [0.2, 0.25) is 0 Å². The van der Waals surface area contributed by atoms with Crippen LogP contribution in [0.15, 0.2) is 18.2 Å². The number of rotatable bonds is 2. The van der Waals surface area contributed by atoms with Gasteiger partial charge in [0.1, 0.15) is 11.9 Å². The van der Waals surface area contributed by atoms with E-state index in [1.807, 2.05) is 0 Å². The van der Waals surface area contributed by atoms with Crippen molar-refractivity contribution in [2.75, 3.05) is 0 Å². The van der Waals surface area contributed by atoms with E-state index in [-0.39, 0.29) is 11.7 Å². The molecule has 1 aromatic rings. The smallest absolute Gasteiger partial charge is 0.263 e. The molecule has 1 aliphatic heterocycles. The SMILES string of the molecule is FC(F)c1ccc2c(c1)OC(C1CCCCC1)CC2. The minimum absolute atomic E-state index is 0.0723. The van der Waals surface area contributed by atoms with E-state index >= 15 is 0 Å². The van der Waals surface area contributed by atoms with Crippen LogP contribution in [-0.2, 0) is 6.42 Å². The molecule has 1 aromatic carbocycles. The Balaban J connectivity index is 1.76. The zero-order chi connectivity index (χ0) is 13.2. The lowest BCUT2D eigenvalue weighted by Gasteiger charge is -2.34. The van der Waals surface area contributed by atoms with Crippen molar-refractivity contribution < 1.29 is 13.5 Å². The highest BCUT2D eigenvalue weighted by Gasteiger charge is 2.29. The van der Waals surface area contributed by atoms with Gasteiger partial charge in [0.15, 0.2) is 0 Å². The Morgan fingerprint density at radius 1 is 1.05 bits per heavy atom. The first-order valence-electron chi connectivity index (χ1n) is 7.31. The maximum Gasteiger partial charge on any atom is 0.263 e. The Hall–Kier alpha value is -1.12. The quantitative estimate of drug-likeness (QED) is 0.740. The molecule has 3 rings (SSSR count). The van der Waals surface area contributed by atoms with Crippen LogP contribution in [-0.4, -0.2) is 6.10 Å². The molecule has 0 N–H and O–H groups in total. The summed E-state index contributed by atoms with van der Waals surface area (Å²) in [5, 5.41) is 0. The molecular weight excluding hydrogens is 246 g/mol. The van der Waals surface area contributed by atoms with Crippen molar-refractivity contribution in [1.82, 2.24) is 0 Å². The van der Waals surface area contributed by atoms with Crippen molar-refractivity contribution in [3.63, 3.8) is 0 Å². The van der Waals surface area contributed by atoms with E-state index in [9.17, 15) is 8.78 Å². The second-order valence-corrected chi connectivity index (χ2v) is 5.76. The molecule has 0 amide bonds. The molecule has 1 fully saturated rings. The van der Waals surface area contributed by atoms with Crippen LogP contribution in [0.3, 0.4) is 0 Å². The number of hydrogen-bond acceptors (Lipinski definition) is 1. The van der Waals surface area contributed by atoms with Gasteiger partial charge in [-0.3, -0.25) is 0 Å². The lowest BCUT2D eigenvalue weighted by molar-refractivity contribution is 0.0869. The molecule has 19 heavy (non-hydrogen) atoms. The summed E-state index contributed by atoms with van der Waals surface area (Å²) in [6.45, 7) is 0. The number of hydrogen-bond donors (Lipinski definition) is 0. The number of halogens is 2. The lowest BCUT2D eigenvalue weighted by atomic mass is 9.82. The minimum atomic E-state index is -2.41. The molecule has 1 unspecified atom stereocenters. The summed E-state index contributed by atoms with van der Waals surface area (Å²) >= 11 is 0. The van der Waals surface area contributed by atoms with Gasteiger partial charge < -0.3 is 4.74 Å². The van der Waals surface area contributed by atoms with Gasteiger partial charge in [0.05, 0.1) is 0 Å². The van der Waals surface area contributed by atoms with Crippen LogP contribution in [0, 0.1) is 5.92 Å². The van der Waals surface area contributed by atoms with Crippen molar-refractivity contribution >= 4 is 0 Å². The normalized spacial score (nSPS) is 24.1. The first-order valence-corrected chi connectivity index (χ1v) is 7.31. The molecule has 0 radical (unpaired) electrons. The van der Waals surface area contributed by atoms with E-state index in [1.54, 1.807) is 6.07 Å². The molecule has 1 nitrogen and oxygen atoms in total. The highest BCUT2D eigenvalue weighted by molar-refractivity contribution is 5.39. The van der Waals surface area contributed by atoms with Crippen LogP contribution < -0.4 is 4.74 Å². The molecule has 2 aliphatic rings. The molecule has 104 valence electrons. The molecule has 3 heteroatoms. The van der Waals surface area contributed by atoms with Gasteiger partial charge in [0.2, 0.25) is 0 Å². The zero-order valence-corrected chi connectivity index (χ0v) is 11.1. The summed E-state index contributed by atoms with van der Waals surface area (Å²) < 4.78 is 31.5. The highest BCUT2D eigenvalue weighted by atomic mass is 19.3. The number of benzene rings is 1. The van der Waals surface area contributed by atoms with E-state index in [0.29, 0.717) is 11.7 Å². The molecule has 0 aromatic heterocycles. The van der Waals surface area contributed by atoms with Gasteiger partial charge in [-0.25, -0.2) is 8.78 Å². The molecule has 1 saturated carbocycles. The summed E-state index contributed by atoms with van der Waals surface area (Å²) in [4.78, 5) is 0. The van der Waals surface area contributed by atoms with Gasteiger partial charge >= 0.3 is 0 Å². The van der Waals surface area contributed by atoms with Crippen molar-refractivity contribution in [2.45, 2.75) is 57.5 Å². The van der Waals surface area contributed by atoms with Crippen molar-refractivity contribution in [1.29, 1.82) is 0 Å². The molecule has 0 spiro atoms. The standard InChI is InChI=1S/C16H20F2O/c17-16(18)13-7-6-12-8-9-14(19-15(12)10-13)11-4-2-1-3-5-11/h6-7,10-11,14,16H,1-5,8-9H2. The third-order valence-corrected chi connectivity index (χ3v) is 4.50. The highest BCUT2D eigenvalue weighted by Crippen LogP contribution is 2.37. The molecule has 0 bridgehead atoms. The fraction of sp³-hybridized carbons (Fsp3) is 0.625. The first kappa shape index (κ1) is 12.9. The predicted molar refractivity (Wildman–Crippen MR) is 70.7 cm³/mol. The molecule has 0 saturated heterocycles. The van der Waals surface area contributed by atoms with Crippen LogP contribution in [0.4, 0.5) is 8.78 Å².